The molecule has 1 aliphatic carbocycles. The van der Waals surface area contributed by atoms with E-state index in [0.717, 1.165) is 12.8 Å². The van der Waals surface area contributed by atoms with Crippen LogP contribution in [0.1, 0.15) is 44.6 Å². The van der Waals surface area contributed by atoms with Gasteiger partial charge in [0, 0.05) is 23.7 Å². The van der Waals surface area contributed by atoms with Crippen molar-refractivity contribution in [1.82, 2.24) is 16.0 Å². The van der Waals surface area contributed by atoms with Crippen molar-refractivity contribution in [3.05, 3.63) is 93.2 Å². The summed E-state index contributed by atoms with van der Waals surface area (Å²) >= 11 is 6.56. The van der Waals surface area contributed by atoms with Crippen molar-refractivity contribution < 1.29 is 38.1 Å². The maximum atomic E-state index is 13.3. The van der Waals surface area contributed by atoms with Crippen LogP contribution >= 0.6 is 11.6 Å². The molecule has 4 aliphatic rings. The van der Waals surface area contributed by atoms with E-state index in [1.54, 1.807) is 38.1 Å². The van der Waals surface area contributed by atoms with Crippen LogP contribution in [-0.2, 0) is 38.1 Å². The number of halogens is 1. The highest BCUT2D eigenvalue weighted by molar-refractivity contribution is 6.31. The Kier molecular flexibility index (Phi) is 10.3. The summed E-state index contributed by atoms with van der Waals surface area (Å²) in [4.78, 5) is 39.4. The second-order valence-electron chi connectivity index (χ2n) is 10.8. The predicted octanol–water partition coefficient (Wildman–Crippen LogP) is 3.65. The Balaban J connectivity index is 1.25. The summed E-state index contributed by atoms with van der Waals surface area (Å²) in [6, 6.07) is 7.03. The van der Waals surface area contributed by atoms with Gasteiger partial charge in [-0.25, -0.2) is 9.59 Å². The van der Waals surface area contributed by atoms with E-state index < -0.39 is 29.6 Å². The third kappa shape index (κ3) is 6.95. The fourth-order valence-electron chi connectivity index (χ4n) is 5.71. The van der Waals surface area contributed by atoms with Gasteiger partial charge < -0.3 is 39.6 Å². The number of benzene rings is 1. The van der Waals surface area contributed by atoms with Gasteiger partial charge in [-0.2, -0.15) is 0 Å². The number of ether oxygens (including phenoxy) is 5. The molecule has 12 heteroatoms. The van der Waals surface area contributed by atoms with Gasteiger partial charge in [0.2, 0.25) is 0 Å². The van der Waals surface area contributed by atoms with Crippen molar-refractivity contribution in [2.75, 3.05) is 40.1 Å². The first-order valence-corrected chi connectivity index (χ1v) is 15.4. The molecule has 0 aromatic heterocycles. The summed E-state index contributed by atoms with van der Waals surface area (Å²) < 4.78 is 28.0. The molecule has 0 spiro atoms. The van der Waals surface area contributed by atoms with Crippen LogP contribution in [-0.4, -0.2) is 69.8 Å². The zero-order valence-corrected chi connectivity index (χ0v) is 26.3. The molecule has 3 atom stereocenters. The monoisotopic (exact) mass is 639 g/mol. The quantitative estimate of drug-likeness (QED) is 0.177. The molecule has 3 unspecified atom stereocenters. The van der Waals surface area contributed by atoms with Crippen LogP contribution in [0.15, 0.2) is 82.6 Å². The van der Waals surface area contributed by atoms with Crippen LogP contribution in [0.3, 0.4) is 0 Å². The molecule has 3 N–H and O–H groups in total. The number of hydrogen-bond donors (Lipinski definition) is 3. The Labute approximate surface area is 267 Å². The number of amides is 1. The van der Waals surface area contributed by atoms with Gasteiger partial charge in [0.05, 0.1) is 62.3 Å². The van der Waals surface area contributed by atoms with Crippen LogP contribution < -0.4 is 16.0 Å². The van der Waals surface area contributed by atoms with Crippen LogP contribution in [0.4, 0.5) is 0 Å². The van der Waals surface area contributed by atoms with Gasteiger partial charge in [-0.05, 0) is 50.0 Å². The third-order valence-corrected chi connectivity index (χ3v) is 8.35. The first-order valence-electron chi connectivity index (χ1n) is 15.0. The first-order chi connectivity index (χ1) is 21.8. The number of allylic oxidation sites excluding steroid dienone is 4. The molecule has 3 heterocycles. The van der Waals surface area contributed by atoms with Crippen LogP contribution in [0, 0.1) is 0 Å². The molecule has 5 rings (SSSR count). The Hall–Kier alpha value is -4.06. The van der Waals surface area contributed by atoms with E-state index >= 15 is 0 Å². The van der Waals surface area contributed by atoms with E-state index in [0.29, 0.717) is 40.9 Å². The lowest BCUT2D eigenvalue weighted by atomic mass is 9.80. The Bertz CT molecular complexity index is 1490. The minimum atomic E-state index is -1.42. The molecule has 0 bridgehead atoms. The largest absolute Gasteiger partial charge is 0.466 e. The van der Waals surface area contributed by atoms with Crippen molar-refractivity contribution >= 4 is 29.4 Å². The van der Waals surface area contributed by atoms with Crippen molar-refractivity contribution in [3.63, 3.8) is 0 Å². The smallest absolute Gasteiger partial charge is 0.336 e. The topological polar surface area (TPSA) is 133 Å². The van der Waals surface area contributed by atoms with Gasteiger partial charge >= 0.3 is 11.9 Å². The molecule has 1 aromatic carbocycles. The zero-order valence-electron chi connectivity index (χ0n) is 25.6. The highest BCUT2D eigenvalue weighted by Gasteiger charge is 2.49. The number of hydrogen-bond acceptors (Lipinski definition) is 10. The molecule has 0 saturated carbocycles. The Morgan fingerprint density at radius 1 is 1.16 bits per heavy atom. The predicted molar refractivity (Wildman–Crippen MR) is 165 cm³/mol. The van der Waals surface area contributed by atoms with E-state index in [4.69, 9.17) is 35.3 Å². The van der Waals surface area contributed by atoms with Crippen molar-refractivity contribution in [3.8, 4) is 0 Å². The summed E-state index contributed by atoms with van der Waals surface area (Å²) in [5.74, 6) is -3.41. The van der Waals surface area contributed by atoms with Crippen LogP contribution in [0.5, 0.6) is 0 Å². The molecule has 0 radical (unpaired) electrons. The molecule has 45 heavy (non-hydrogen) atoms. The van der Waals surface area contributed by atoms with Gasteiger partial charge in [0.15, 0.2) is 5.88 Å². The van der Waals surface area contributed by atoms with Gasteiger partial charge in [-0.1, -0.05) is 48.0 Å². The lowest BCUT2D eigenvalue weighted by Gasteiger charge is -2.41. The maximum Gasteiger partial charge on any atom is 0.336 e. The number of rotatable bonds is 12. The lowest BCUT2D eigenvalue weighted by molar-refractivity contribution is -0.275. The highest BCUT2D eigenvalue weighted by Crippen LogP contribution is 2.42. The molecule has 1 fully saturated rings. The van der Waals surface area contributed by atoms with E-state index in [1.807, 2.05) is 12.2 Å². The average molecular weight is 640 g/mol. The number of methoxy groups -OCH3 is 1. The van der Waals surface area contributed by atoms with E-state index in [9.17, 15) is 14.4 Å². The number of fused-ring (bicyclic) bond motifs is 1. The van der Waals surface area contributed by atoms with Crippen LogP contribution in [0.25, 0.3) is 0 Å². The molecule has 1 aromatic rings. The van der Waals surface area contributed by atoms with Crippen molar-refractivity contribution in [2.45, 2.75) is 50.9 Å². The first kappa shape index (κ1) is 32.3. The summed E-state index contributed by atoms with van der Waals surface area (Å²) in [6.45, 7) is 4.19. The standard InChI is InChI=1S/C33H38ClN3O8/c1-4-43-31(39)29-25(36-20(2)27(30(38)41-3)28(29)22-10-6-7-11-23(22)34)19-42-18-16-35-32(40)33(15-17-44-33)45-26-14-13-21-9-5-8-12-24(21)37-26/h6-8,10-14,24,28,36-37H,4-5,9,15-19H2,1-3H3,(H,35,40). The molecular weight excluding hydrogens is 602 g/mol. The van der Waals surface area contributed by atoms with E-state index in [1.165, 1.54) is 12.7 Å². The van der Waals surface area contributed by atoms with Crippen LogP contribution in [0.2, 0.25) is 5.02 Å². The van der Waals surface area contributed by atoms with Crippen molar-refractivity contribution in [1.29, 1.82) is 0 Å². The molecule has 11 nitrogen and oxygen atoms in total. The van der Waals surface area contributed by atoms with E-state index in [-0.39, 0.29) is 43.6 Å². The molecule has 240 valence electrons. The van der Waals surface area contributed by atoms with Gasteiger partial charge in [-0.15, -0.1) is 0 Å². The minimum absolute atomic E-state index is 0.0325. The normalized spacial score (nSPS) is 23.8. The van der Waals surface area contributed by atoms with Crippen molar-refractivity contribution in [2.24, 2.45) is 0 Å². The Morgan fingerprint density at radius 2 is 1.96 bits per heavy atom. The zero-order chi connectivity index (χ0) is 32.0. The summed E-state index contributed by atoms with van der Waals surface area (Å²) in [5, 5.41) is 9.66. The highest BCUT2D eigenvalue weighted by atomic mass is 35.5. The fraction of sp³-hybridized carbons (Fsp3) is 0.424. The third-order valence-electron chi connectivity index (χ3n) is 8.00. The van der Waals surface area contributed by atoms with Gasteiger partial charge in [-0.3, -0.25) is 4.79 Å². The van der Waals surface area contributed by atoms with Gasteiger partial charge in [0.1, 0.15) is 0 Å². The lowest BCUT2D eigenvalue weighted by Crippen LogP contribution is -2.59. The number of nitrogens with one attached hydrogen (secondary N) is 3. The second-order valence-corrected chi connectivity index (χ2v) is 11.3. The molecule has 1 saturated heterocycles. The summed E-state index contributed by atoms with van der Waals surface area (Å²) in [5.41, 5.74) is 3.15. The number of carbonyl (C=O) groups excluding carboxylic acids is 3. The second kappa shape index (κ2) is 14.4. The maximum absolute atomic E-state index is 13.3. The SMILES string of the molecule is CCOC(=O)C1=C(COCCNC(=O)C2(OC3=CC=C4CCC=CC4N3)CCO2)NC(C)=C(C(=O)OC)C1c1ccccc1Cl. The fourth-order valence-corrected chi connectivity index (χ4v) is 5.96. The number of esters is 2. The minimum Gasteiger partial charge on any atom is -0.466 e. The summed E-state index contributed by atoms with van der Waals surface area (Å²) in [7, 11) is 1.28. The number of dihydropyridines is 2. The average Bonchev–Trinajstić information content (AvgIpc) is 3.02. The molecular formula is C33H38ClN3O8. The Morgan fingerprint density at radius 3 is 2.67 bits per heavy atom. The summed E-state index contributed by atoms with van der Waals surface area (Å²) in [6.07, 6.45) is 10.5. The number of carbonyl (C=O) groups is 3. The van der Waals surface area contributed by atoms with E-state index in [2.05, 4.69) is 28.1 Å². The van der Waals surface area contributed by atoms with Gasteiger partial charge in [0.25, 0.3) is 11.7 Å². The molecule has 3 aliphatic heterocycles. The molecule has 1 amide bonds.